The summed E-state index contributed by atoms with van der Waals surface area (Å²) in [6.45, 7) is 0. The molecule has 0 aliphatic rings. The molecule has 0 amide bonds. The minimum absolute atomic E-state index is 0.0252. The highest BCUT2D eigenvalue weighted by Gasteiger charge is 2.05. The van der Waals surface area contributed by atoms with Gasteiger partial charge in [0.2, 0.25) is 0 Å². The van der Waals surface area contributed by atoms with Crippen LogP contribution < -0.4 is 5.73 Å². The first kappa shape index (κ1) is 11.6. The number of nitrogens with zero attached hydrogens (tertiary/aromatic N) is 1. The van der Waals surface area contributed by atoms with Crippen LogP contribution in [0.5, 0.6) is 0 Å². The fourth-order valence-electron chi connectivity index (χ4n) is 1.27. The lowest BCUT2D eigenvalue weighted by atomic mass is 10.2. The zero-order valence-corrected chi connectivity index (χ0v) is 9.67. The number of nitrogen functional groups attached to an aromatic ring is 1. The molecule has 5 heteroatoms. The topological polar surface area (TPSA) is 62.8 Å². The van der Waals surface area contributed by atoms with E-state index in [1.807, 2.05) is 0 Å². The van der Waals surface area contributed by atoms with E-state index >= 15 is 0 Å². The van der Waals surface area contributed by atoms with Gasteiger partial charge in [-0.2, -0.15) is 0 Å². The SMILES string of the molecule is N=C(N)c1ccnc(Sc2ccccc2F)c1. The van der Waals surface area contributed by atoms with Crippen LogP contribution in [-0.2, 0) is 0 Å². The number of hydrogen-bond donors (Lipinski definition) is 2. The Morgan fingerprint density at radius 3 is 2.76 bits per heavy atom. The molecule has 3 nitrogen and oxygen atoms in total. The summed E-state index contributed by atoms with van der Waals surface area (Å²) in [7, 11) is 0. The summed E-state index contributed by atoms with van der Waals surface area (Å²) in [5.74, 6) is -0.310. The predicted octanol–water partition coefficient (Wildman–Crippen LogP) is 2.66. The Bertz CT molecular complexity index is 557. The van der Waals surface area contributed by atoms with Crippen molar-refractivity contribution in [3.05, 3.63) is 54.0 Å². The number of nitrogens with two attached hydrogens (primary N) is 1. The molecule has 3 N–H and O–H groups in total. The first-order valence-corrected chi connectivity index (χ1v) is 5.71. The molecule has 0 atom stereocenters. The van der Waals surface area contributed by atoms with Crippen LogP contribution in [0, 0.1) is 11.2 Å². The highest BCUT2D eigenvalue weighted by atomic mass is 32.2. The van der Waals surface area contributed by atoms with Crippen LogP contribution in [0.4, 0.5) is 4.39 Å². The van der Waals surface area contributed by atoms with Crippen LogP contribution in [0.15, 0.2) is 52.5 Å². The Balaban J connectivity index is 2.28. The van der Waals surface area contributed by atoms with Gasteiger partial charge in [-0.15, -0.1) is 0 Å². The quantitative estimate of drug-likeness (QED) is 0.647. The van der Waals surface area contributed by atoms with Crippen molar-refractivity contribution in [2.24, 2.45) is 5.73 Å². The van der Waals surface area contributed by atoms with Gasteiger partial charge in [0.1, 0.15) is 16.7 Å². The van der Waals surface area contributed by atoms with E-state index in [1.54, 1.807) is 36.5 Å². The van der Waals surface area contributed by atoms with Gasteiger partial charge in [-0.25, -0.2) is 9.37 Å². The van der Waals surface area contributed by atoms with Crippen molar-refractivity contribution in [1.29, 1.82) is 5.41 Å². The maximum Gasteiger partial charge on any atom is 0.137 e. The third-order valence-corrected chi connectivity index (χ3v) is 3.08. The van der Waals surface area contributed by atoms with Crippen LogP contribution in [0.2, 0.25) is 0 Å². The zero-order valence-electron chi connectivity index (χ0n) is 8.85. The normalized spacial score (nSPS) is 10.2. The number of rotatable bonds is 3. The molecule has 0 fully saturated rings. The van der Waals surface area contributed by atoms with Crippen LogP contribution in [0.1, 0.15) is 5.56 Å². The second kappa shape index (κ2) is 4.97. The summed E-state index contributed by atoms with van der Waals surface area (Å²) in [6.07, 6.45) is 1.56. The lowest BCUT2D eigenvalue weighted by Gasteiger charge is -2.03. The number of halogens is 1. The third kappa shape index (κ3) is 2.82. The molecule has 1 heterocycles. The molecular weight excluding hydrogens is 237 g/mol. The van der Waals surface area contributed by atoms with E-state index in [1.165, 1.54) is 17.8 Å². The molecule has 0 saturated heterocycles. The Hall–Kier alpha value is -1.88. The highest BCUT2D eigenvalue weighted by Crippen LogP contribution is 2.28. The zero-order chi connectivity index (χ0) is 12.3. The van der Waals surface area contributed by atoms with Crippen molar-refractivity contribution in [3.63, 3.8) is 0 Å². The summed E-state index contributed by atoms with van der Waals surface area (Å²) in [5.41, 5.74) is 5.96. The lowest BCUT2D eigenvalue weighted by Crippen LogP contribution is -2.10. The van der Waals surface area contributed by atoms with Gasteiger partial charge in [0.05, 0.1) is 0 Å². The predicted molar refractivity (Wildman–Crippen MR) is 65.8 cm³/mol. The van der Waals surface area contributed by atoms with Gasteiger partial charge in [-0.3, -0.25) is 5.41 Å². The molecule has 86 valence electrons. The van der Waals surface area contributed by atoms with Gasteiger partial charge < -0.3 is 5.73 Å². The van der Waals surface area contributed by atoms with Crippen molar-refractivity contribution in [3.8, 4) is 0 Å². The smallest absolute Gasteiger partial charge is 0.137 e. The van der Waals surface area contributed by atoms with Gasteiger partial charge in [0, 0.05) is 16.7 Å². The molecule has 0 aliphatic heterocycles. The minimum Gasteiger partial charge on any atom is -0.384 e. The average Bonchev–Trinajstić information content (AvgIpc) is 2.32. The second-order valence-electron chi connectivity index (χ2n) is 3.33. The number of aromatic nitrogens is 1. The Labute approximate surface area is 102 Å². The second-order valence-corrected chi connectivity index (χ2v) is 4.39. The molecule has 2 aromatic rings. The van der Waals surface area contributed by atoms with Crippen LogP contribution in [-0.4, -0.2) is 10.8 Å². The standard InChI is InChI=1S/C12H10FN3S/c13-9-3-1-2-4-10(9)17-11-7-8(12(14)15)5-6-16-11/h1-7H,(H3,14,15). The molecule has 0 aliphatic carbocycles. The molecule has 17 heavy (non-hydrogen) atoms. The highest BCUT2D eigenvalue weighted by molar-refractivity contribution is 7.99. The number of pyridine rings is 1. The third-order valence-electron chi connectivity index (χ3n) is 2.10. The lowest BCUT2D eigenvalue weighted by molar-refractivity contribution is 0.602. The molecule has 1 aromatic carbocycles. The van der Waals surface area contributed by atoms with Crippen molar-refractivity contribution in [2.45, 2.75) is 9.92 Å². The molecule has 0 saturated carbocycles. The van der Waals surface area contributed by atoms with E-state index in [9.17, 15) is 4.39 Å². The van der Waals surface area contributed by atoms with Crippen molar-refractivity contribution >= 4 is 17.6 Å². The summed E-state index contributed by atoms with van der Waals surface area (Å²) in [5, 5.41) is 7.93. The van der Waals surface area contributed by atoms with E-state index < -0.39 is 0 Å². The molecule has 0 radical (unpaired) electrons. The van der Waals surface area contributed by atoms with Gasteiger partial charge >= 0.3 is 0 Å². The van der Waals surface area contributed by atoms with Crippen LogP contribution in [0.3, 0.4) is 0 Å². The number of hydrogen-bond acceptors (Lipinski definition) is 3. The first-order valence-electron chi connectivity index (χ1n) is 4.89. The first-order chi connectivity index (χ1) is 8.16. The summed E-state index contributed by atoms with van der Waals surface area (Å²) < 4.78 is 13.4. The van der Waals surface area contributed by atoms with Crippen molar-refractivity contribution < 1.29 is 4.39 Å². The van der Waals surface area contributed by atoms with Crippen LogP contribution >= 0.6 is 11.8 Å². The van der Waals surface area contributed by atoms with E-state index in [0.29, 0.717) is 15.5 Å². The average molecular weight is 247 g/mol. The summed E-state index contributed by atoms with van der Waals surface area (Å²) >= 11 is 1.21. The number of benzene rings is 1. The van der Waals surface area contributed by atoms with Gasteiger partial charge in [-0.05, 0) is 24.3 Å². The van der Waals surface area contributed by atoms with E-state index in [4.69, 9.17) is 11.1 Å². The molecular formula is C12H10FN3S. The van der Waals surface area contributed by atoms with Gasteiger partial charge in [0.25, 0.3) is 0 Å². The van der Waals surface area contributed by atoms with Crippen molar-refractivity contribution in [1.82, 2.24) is 4.98 Å². The maximum absolute atomic E-state index is 13.4. The molecule has 0 bridgehead atoms. The summed E-state index contributed by atoms with van der Waals surface area (Å²) in [6, 6.07) is 9.80. The Morgan fingerprint density at radius 2 is 2.06 bits per heavy atom. The largest absolute Gasteiger partial charge is 0.384 e. The van der Waals surface area contributed by atoms with Gasteiger partial charge in [-0.1, -0.05) is 23.9 Å². The summed E-state index contributed by atoms with van der Waals surface area (Å²) in [4.78, 5) is 4.60. The maximum atomic E-state index is 13.4. The van der Waals surface area contributed by atoms with E-state index in [2.05, 4.69) is 4.98 Å². The Morgan fingerprint density at radius 1 is 1.29 bits per heavy atom. The van der Waals surface area contributed by atoms with Crippen LogP contribution in [0.25, 0.3) is 0 Å². The number of nitrogens with one attached hydrogen (secondary N) is 1. The van der Waals surface area contributed by atoms with E-state index in [0.717, 1.165) is 0 Å². The van der Waals surface area contributed by atoms with E-state index in [-0.39, 0.29) is 11.7 Å². The molecule has 0 spiro atoms. The monoisotopic (exact) mass is 247 g/mol. The fourth-order valence-corrected chi connectivity index (χ4v) is 2.11. The fraction of sp³-hybridized carbons (Fsp3) is 0. The van der Waals surface area contributed by atoms with Crippen molar-refractivity contribution in [2.75, 3.05) is 0 Å². The van der Waals surface area contributed by atoms with Gasteiger partial charge in [0.15, 0.2) is 0 Å². The Kier molecular flexibility index (Phi) is 3.39. The minimum atomic E-state index is -0.285. The molecule has 2 rings (SSSR count). The molecule has 1 aromatic heterocycles. The molecule has 0 unspecified atom stereocenters. The number of amidine groups is 1.